The minimum Gasteiger partial charge on any atom is -0.394 e. The van der Waals surface area contributed by atoms with Crippen LogP contribution in [-0.2, 0) is 11.3 Å². The summed E-state index contributed by atoms with van der Waals surface area (Å²) < 4.78 is 1.82. The predicted octanol–water partition coefficient (Wildman–Crippen LogP) is 2.83. The number of aliphatic hydroxyl groups is 1. The second-order valence-corrected chi connectivity index (χ2v) is 7.64. The minimum atomic E-state index is -0.0119. The van der Waals surface area contributed by atoms with Gasteiger partial charge in [-0.1, -0.05) is 43.2 Å². The highest BCUT2D eigenvalue weighted by molar-refractivity contribution is 5.80. The lowest BCUT2D eigenvalue weighted by atomic mass is 9.78. The average Bonchev–Trinajstić information content (AvgIpc) is 3.39. The number of benzene rings is 1. The highest BCUT2D eigenvalue weighted by Crippen LogP contribution is 2.39. The van der Waals surface area contributed by atoms with Crippen molar-refractivity contribution in [1.82, 2.24) is 19.7 Å². The zero-order valence-corrected chi connectivity index (χ0v) is 15.8. The van der Waals surface area contributed by atoms with Gasteiger partial charge in [0.2, 0.25) is 5.91 Å². The van der Waals surface area contributed by atoms with E-state index < -0.39 is 0 Å². The quantitative estimate of drug-likeness (QED) is 0.881. The first kappa shape index (κ1) is 18.2. The molecule has 0 radical (unpaired) electrons. The van der Waals surface area contributed by atoms with Crippen LogP contribution in [0.4, 0.5) is 0 Å². The fraction of sp³-hybridized carbons (Fsp3) is 0.571. The van der Waals surface area contributed by atoms with Crippen LogP contribution in [0.3, 0.4) is 0 Å². The number of amides is 1. The summed E-state index contributed by atoms with van der Waals surface area (Å²) >= 11 is 0. The largest absolute Gasteiger partial charge is 0.394 e. The van der Waals surface area contributed by atoms with Crippen molar-refractivity contribution in [2.75, 3.05) is 19.7 Å². The van der Waals surface area contributed by atoms with Gasteiger partial charge in [0.25, 0.3) is 0 Å². The molecule has 1 aliphatic carbocycles. The molecule has 0 bridgehead atoms. The van der Waals surface area contributed by atoms with Gasteiger partial charge in [-0.25, -0.2) is 9.67 Å². The molecule has 6 heteroatoms. The Labute approximate surface area is 160 Å². The summed E-state index contributed by atoms with van der Waals surface area (Å²) in [5.41, 5.74) is 0.966. The number of carbonyl (C=O) groups excluding carboxylic acids is 1. The van der Waals surface area contributed by atoms with Gasteiger partial charge >= 0.3 is 0 Å². The number of aromatic nitrogens is 3. The van der Waals surface area contributed by atoms with Gasteiger partial charge in [0.05, 0.1) is 13.2 Å². The molecule has 1 amide bonds. The SMILES string of the molecule is O=C([C@@H]1CCCC[C@@H]1c1nc(-c2ccccc2)nn1CCO)N1CCCC1. The highest BCUT2D eigenvalue weighted by atomic mass is 16.3. The molecule has 0 unspecified atom stereocenters. The molecule has 2 fully saturated rings. The third kappa shape index (κ3) is 3.76. The van der Waals surface area contributed by atoms with Crippen molar-refractivity contribution >= 4 is 5.91 Å². The van der Waals surface area contributed by atoms with Crippen LogP contribution in [0, 0.1) is 5.92 Å². The lowest BCUT2D eigenvalue weighted by Crippen LogP contribution is -2.38. The van der Waals surface area contributed by atoms with E-state index in [2.05, 4.69) is 5.10 Å². The van der Waals surface area contributed by atoms with Crippen molar-refractivity contribution < 1.29 is 9.90 Å². The summed E-state index contributed by atoms with van der Waals surface area (Å²) in [5.74, 6) is 1.90. The topological polar surface area (TPSA) is 71.2 Å². The van der Waals surface area contributed by atoms with E-state index >= 15 is 0 Å². The Kier molecular flexibility index (Phi) is 5.53. The molecular formula is C21H28N4O2. The zero-order chi connectivity index (χ0) is 18.6. The molecule has 27 heavy (non-hydrogen) atoms. The molecule has 0 spiro atoms. The van der Waals surface area contributed by atoms with Crippen molar-refractivity contribution in [2.24, 2.45) is 5.92 Å². The Hall–Kier alpha value is -2.21. The Morgan fingerprint density at radius 2 is 1.81 bits per heavy atom. The number of nitrogens with zero attached hydrogens (tertiary/aromatic N) is 4. The Bertz CT molecular complexity index is 768. The van der Waals surface area contributed by atoms with E-state index in [1.54, 1.807) is 0 Å². The average molecular weight is 368 g/mol. The van der Waals surface area contributed by atoms with Crippen LogP contribution >= 0.6 is 0 Å². The zero-order valence-electron chi connectivity index (χ0n) is 15.8. The van der Waals surface area contributed by atoms with E-state index in [9.17, 15) is 9.90 Å². The van der Waals surface area contributed by atoms with Crippen molar-refractivity contribution in [3.8, 4) is 11.4 Å². The van der Waals surface area contributed by atoms with Gasteiger partial charge in [0.1, 0.15) is 5.82 Å². The first-order valence-corrected chi connectivity index (χ1v) is 10.2. The summed E-state index contributed by atoms with van der Waals surface area (Å²) in [4.78, 5) is 20.0. The second-order valence-electron chi connectivity index (χ2n) is 7.64. The fourth-order valence-corrected chi connectivity index (χ4v) is 4.50. The van der Waals surface area contributed by atoms with Gasteiger partial charge in [0, 0.05) is 30.5 Å². The first-order chi connectivity index (χ1) is 13.3. The molecule has 1 saturated heterocycles. The molecule has 2 aliphatic rings. The molecule has 1 aliphatic heterocycles. The summed E-state index contributed by atoms with van der Waals surface area (Å²) in [7, 11) is 0. The Morgan fingerprint density at radius 3 is 2.56 bits per heavy atom. The number of hydrogen-bond acceptors (Lipinski definition) is 4. The van der Waals surface area contributed by atoms with E-state index in [1.165, 1.54) is 0 Å². The third-order valence-corrected chi connectivity index (χ3v) is 5.88. The van der Waals surface area contributed by atoms with Crippen molar-refractivity contribution in [3.63, 3.8) is 0 Å². The number of rotatable bonds is 5. The van der Waals surface area contributed by atoms with E-state index in [1.807, 2.05) is 39.9 Å². The number of hydrogen-bond donors (Lipinski definition) is 1. The molecular weight excluding hydrogens is 340 g/mol. The van der Waals surface area contributed by atoms with Gasteiger partial charge in [-0.15, -0.1) is 0 Å². The fourth-order valence-electron chi connectivity index (χ4n) is 4.50. The third-order valence-electron chi connectivity index (χ3n) is 5.88. The van der Waals surface area contributed by atoms with Crippen LogP contribution in [0.1, 0.15) is 50.3 Å². The standard InChI is InChI=1S/C21H28N4O2/c26-15-14-25-20(22-19(23-25)16-8-2-1-3-9-16)17-10-4-5-11-18(17)21(27)24-12-6-7-13-24/h1-3,8-9,17-18,26H,4-7,10-15H2/t17-,18+/m0/s1. The van der Waals surface area contributed by atoms with E-state index in [4.69, 9.17) is 4.98 Å². The van der Waals surface area contributed by atoms with E-state index in [0.29, 0.717) is 12.4 Å². The molecule has 144 valence electrons. The lowest BCUT2D eigenvalue weighted by molar-refractivity contribution is -0.136. The highest BCUT2D eigenvalue weighted by Gasteiger charge is 2.38. The van der Waals surface area contributed by atoms with Crippen LogP contribution in [0.15, 0.2) is 30.3 Å². The van der Waals surface area contributed by atoms with Gasteiger partial charge in [-0.2, -0.15) is 5.10 Å². The summed E-state index contributed by atoms with van der Waals surface area (Å²) in [6, 6.07) is 9.91. The lowest BCUT2D eigenvalue weighted by Gasteiger charge is -2.32. The summed E-state index contributed by atoms with van der Waals surface area (Å²) in [6.45, 7) is 2.21. The molecule has 6 nitrogen and oxygen atoms in total. The first-order valence-electron chi connectivity index (χ1n) is 10.2. The molecule has 4 rings (SSSR count). The van der Waals surface area contributed by atoms with Gasteiger partial charge < -0.3 is 10.0 Å². The Balaban J connectivity index is 1.66. The molecule has 2 heterocycles. The van der Waals surface area contributed by atoms with Crippen LogP contribution in [0.5, 0.6) is 0 Å². The monoisotopic (exact) mass is 368 g/mol. The smallest absolute Gasteiger partial charge is 0.226 e. The van der Waals surface area contributed by atoms with Gasteiger partial charge in [-0.3, -0.25) is 4.79 Å². The van der Waals surface area contributed by atoms with E-state index in [0.717, 1.165) is 63.0 Å². The minimum absolute atomic E-state index is 0.0119. The molecule has 1 aromatic carbocycles. The van der Waals surface area contributed by atoms with Gasteiger partial charge in [-0.05, 0) is 25.7 Å². The Morgan fingerprint density at radius 1 is 1.07 bits per heavy atom. The van der Waals surface area contributed by atoms with Crippen molar-refractivity contribution in [2.45, 2.75) is 51.0 Å². The maximum absolute atomic E-state index is 13.1. The normalized spacial score (nSPS) is 22.9. The number of carbonyl (C=O) groups is 1. The summed E-state index contributed by atoms with van der Waals surface area (Å²) in [6.07, 6.45) is 6.32. The molecule has 2 aromatic rings. The van der Waals surface area contributed by atoms with Crippen LogP contribution < -0.4 is 0 Å². The second kappa shape index (κ2) is 8.21. The summed E-state index contributed by atoms with van der Waals surface area (Å²) in [5, 5.41) is 14.2. The van der Waals surface area contributed by atoms with Crippen LogP contribution in [-0.4, -0.2) is 50.4 Å². The van der Waals surface area contributed by atoms with Crippen molar-refractivity contribution in [3.05, 3.63) is 36.2 Å². The van der Waals surface area contributed by atoms with Crippen LogP contribution in [0.2, 0.25) is 0 Å². The molecule has 1 aromatic heterocycles. The van der Waals surface area contributed by atoms with Gasteiger partial charge in [0.15, 0.2) is 5.82 Å². The number of aliphatic hydroxyl groups excluding tert-OH is 1. The predicted molar refractivity (Wildman–Crippen MR) is 103 cm³/mol. The van der Waals surface area contributed by atoms with Crippen molar-refractivity contribution in [1.29, 1.82) is 0 Å². The molecule has 1 N–H and O–H groups in total. The maximum atomic E-state index is 13.1. The maximum Gasteiger partial charge on any atom is 0.226 e. The molecule has 1 saturated carbocycles. The van der Waals surface area contributed by atoms with Crippen LogP contribution in [0.25, 0.3) is 11.4 Å². The molecule has 2 atom stereocenters. The van der Waals surface area contributed by atoms with E-state index in [-0.39, 0.29) is 24.3 Å². The number of likely N-dealkylation sites (tertiary alicyclic amines) is 1.